The summed E-state index contributed by atoms with van der Waals surface area (Å²) in [5.41, 5.74) is -2.38. The molecule has 1 aromatic carbocycles. The van der Waals surface area contributed by atoms with Crippen molar-refractivity contribution < 1.29 is 46.5 Å². The minimum Gasteiger partial charge on any atom is -0.497 e. The molecule has 2 aliphatic carbocycles. The fraction of sp³-hybridized carbons (Fsp3) is 0.615. The zero-order valence-corrected chi connectivity index (χ0v) is 33.1. The summed E-state index contributed by atoms with van der Waals surface area (Å²) >= 11 is 0. The molecule has 0 radical (unpaired) electrons. The van der Waals surface area contributed by atoms with Gasteiger partial charge >= 0.3 is 6.09 Å². The van der Waals surface area contributed by atoms with Crippen LogP contribution in [0.2, 0.25) is 0 Å². The second kappa shape index (κ2) is 16.0. The third kappa shape index (κ3) is 9.34. The summed E-state index contributed by atoms with van der Waals surface area (Å²) in [4.78, 5) is 62.4. The number of carbonyl (C=O) groups excluding carboxylic acids is 4. The Morgan fingerprint density at radius 3 is 2.55 bits per heavy atom. The largest absolute Gasteiger partial charge is 0.497 e. The van der Waals surface area contributed by atoms with E-state index in [1.807, 2.05) is 30.4 Å². The van der Waals surface area contributed by atoms with Crippen molar-refractivity contribution in [3.05, 3.63) is 42.6 Å². The van der Waals surface area contributed by atoms with E-state index in [9.17, 15) is 27.6 Å². The monoisotopic (exact) mass is 783 g/mol. The standard InChI is InChI=1S/C39H53N5O10S/c1-23-9-7-8-10-26-20-39(26,36(47)43-55(49,50)29-12-13-29)42-33(45)31-19-28(53-34-30-14-11-27(52-6)18-24(30)15-16-40-34)21-44(31)35(46)32(25(17-23)22-51-5)41-37(48)54-38(2,3)4/h8,10-11,14-16,18,23,25-26,28-29,31-32H,7,9,12-13,17,19-22H2,1-6H3,(H,41,48)(H,42,45)(H,43,47)/b10-8-/t23-,25+,26-,28-,31+,32+,39-/m1/s1. The lowest BCUT2D eigenvalue weighted by atomic mass is 9.87. The van der Waals surface area contributed by atoms with E-state index in [0.717, 1.165) is 11.8 Å². The number of pyridine rings is 1. The van der Waals surface area contributed by atoms with Crippen LogP contribution in [0.3, 0.4) is 0 Å². The highest BCUT2D eigenvalue weighted by molar-refractivity contribution is 7.91. The number of carbonyl (C=O) groups is 4. The number of hydrogen-bond acceptors (Lipinski definition) is 11. The summed E-state index contributed by atoms with van der Waals surface area (Å²) in [5, 5.41) is 6.57. The topological polar surface area (TPSA) is 192 Å². The van der Waals surface area contributed by atoms with Crippen molar-refractivity contribution in [3.63, 3.8) is 0 Å². The zero-order chi connectivity index (χ0) is 39.7. The van der Waals surface area contributed by atoms with E-state index in [-0.39, 0.29) is 31.9 Å². The van der Waals surface area contributed by atoms with E-state index in [1.54, 1.807) is 40.1 Å². The molecule has 55 heavy (non-hydrogen) atoms. The van der Waals surface area contributed by atoms with Gasteiger partial charge in [-0.1, -0.05) is 19.1 Å². The van der Waals surface area contributed by atoms with Crippen molar-refractivity contribution in [2.24, 2.45) is 17.8 Å². The quantitative estimate of drug-likeness (QED) is 0.315. The van der Waals surface area contributed by atoms with Crippen molar-refractivity contribution in [3.8, 4) is 11.6 Å². The van der Waals surface area contributed by atoms with E-state index in [2.05, 4.69) is 27.3 Å². The van der Waals surface area contributed by atoms with Gasteiger partial charge in [0.1, 0.15) is 35.1 Å². The maximum absolute atomic E-state index is 14.9. The second-order valence-corrected chi connectivity index (χ2v) is 18.3. The molecule has 4 aliphatic rings. The molecule has 1 aromatic heterocycles. The Labute approximate surface area is 322 Å². The first-order valence-electron chi connectivity index (χ1n) is 19.0. The van der Waals surface area contributed by atoms with Gasteiger partial charge in [0.25, 0.3) is 5.91 Å². The average molecular weight is 784 g/mol. The predicted octanol–water partition coefficient (Wildman–Crippen LogP) is 3.61. The van der Waals surface area contributed by atoms with Crippen LogP contribution >= 0.6 is 0 Å². The number of alkyl carbamates (subject to hydrolysis) is 1. The van der Waals surface area contributed by atoms with Crippen LogP contribution < -0.4 is 24.8 Å². The number of hydrogen-bond donors (Lipinski definition) is 3. The lowest BCUT2D eigenvalue weighted by Crippen LogP contribution is -2.59. The highest BCUT2D eigenvalue weighted by Gasteiger charge is 2.62. The molecular weight excluding hydrogens is 731 g/mol. The van der Waals surface area contributed by atoms with Crippen LogP contribution in [0.25, 0.3) is 10.8 Å². The van der Waals surface area contributed by atoms with E-state index >= 15 is 0 Å². The minimum absolute atomic E-state index is 0.0227. The highest BCUT2D eigenvalue weighted by Crippen LogP contribution is 2.46. The molecule has 6 rings (SSSR count). The summed E-state index contributed by atoms with van der Waals surface area (Å²) < 4.78 is 51.0. The van der Waals surface area contributed by atoms with Crippen molar-refractivity contribution in [2.75, 3.05) is 27.4 Å². The van der Waals surface area contributed by atoms with Crippen LogP contribution in [0.4, 0.5) is 4.79 Å². The van der Waals surface area contributed by atoms with Gasteiger partial charge in [0.05, 0.1) is 25.5 Å². The minimum atomic E-state index is -3.91. The first-order chi connectivity index (χ1) is 26.0. The molecule has 3 fully saturated rings. The molecule has 2 saturated carbocycles. The Bertz CT molecular complexity index is 1930. The molecule has 0 spiro atoms. The van der Waals surface area contributed by atoms with Crippen molar-refractivity contribution in [1.29, 1.82) is 0 Å². The summed E-state index contributed by atoms with van der Waals surface area (Å²) in [6, 6.07) is 4.96. The Balaban J connectivity index is 1.37. The third-order valence-electron chi connectivity index (χ3n) is 10.7. The molecule has 1 saturated heterocycles. The number of benzene rings is 1. The van der Waals surface area contributed by atoms with Crippen LogP contribution in [0.5, 0.6) is 11.6 Å². The molecule has 3 heterocycles. The number of nitrogens with zero attached hydrogens (tertiary/aromatic N) is 2. The molecule has 15 nitrogen and oxygen atoms in total. The summed E-state index contributed by atoms with van der Waals surface area (Å²) in [7, 11) is -0.810. The molecular formula is C39H53N5O10S. The smallest absolute Gasteiger partial charge is 0.408 e. The Morgan fingerprint density at radius 1 is 1.09 bits per heavy atom. The fourth-order valence-electron chi connectivity index (χ4n) is 7.63. The lowest BCUT2D eigenvalue weighted by Gasteiger charge is -2.34. The molecule has 0 unspecified atom stereocenters. The van der Waals surface area contributed by atoms with Crippen LogP contribution in [0.1, 0.15) is 72.6 Å². The van der Waals surface area contributed by atoms with Gasteiger partial charge in [-0.2, -0.15) is 0 Å². The van der Waals surface area contributed by atoms with Gasteiger partial charge in [-0.25, -0.2) is 18.2 Å². The molecule has 3 N–H and O–H groups in total. The third-order valence-corrected chi connectivity index (χ3v) is 12.5. The predicted molar refractivity (Wildman–Crippen MR) is 203 cm³/mol. The number of allylic oxidation sites excluding steroid dienone is 1. The van der Waals surface area contributed by atoms with Gasteiger partial charge in [0, 0.05) is 36.9 Å². The molecule has 16 heteroatoms. The van der Waals surface area contributed by atoms with Crippen molar-refractivity contribution >= 4 is 44.6 Å². The van der Waals surface area contributed by atoms with Gasteiger partial charge in [-0.05, 0) is 94.9 Å². The summed E-state index contributed by atoms with van der Waals surface area (Å²) in [5.74, 6) is -1.91. The van der Waals surface area contributed by atoms with Crippen LogP contribution in [-0.4, -0.2) is 104 Å². The van der Waals surface area contributed by atoms with Crippen molar-refractivity contribution in [2.45, 2.75) is 107 Å². The van der Waals surface area contributed by atoms with Gasteiger partial charge in [-0.3, -0.25) is 19.1 Å². The number of ether oxygens (including phenoxy) is 4. The SMILES string of the molecule is COC[C@@H]1C[C@H](C)CC/C=C\[C@@H]2C[C@@]2(C(=O)NS(=O)(=O)C2CC2)NC(=O)[C@@H]2C[C@@H](Oc3nccc4cc(OC)ccc34)CN2C(=O)[C@H]1NC(=O)OC(C)(C)C. The van der Waals surface area contributed by atoms with E-state index in [4.69, 9.17) is 18.9 Å². The molecule has 4 amide bonds. The Kier molecular flexibility index (Phi) is 11.7. The molecule has 0 bridgehead atoms. The zero-order valence-electron chi connectivity index (χ0n) is 32.3. The van der Waals surface area contributed by atoms with E-state index < -0.39 is 80.3 Å². The molecule has 300 valence electrons. The lowest BCUT2D eigenvalue weighted by molar-refractivity contribution is -0.142. The van der Waals surface area contributed by atoms with Gasteiger partial charge in [0.2, 0.25) is 27.7 Å². The second-order valence-electron chi connectivity index (χ2n) is 16.3. The maximum atomic E-state index is 14.9. The first-order valence-corrected chi connectivity index (χ1v) is 20.5. The van der Waals surface area contributed by atoms with Crippen LogP contribution in [-0.2, 0) is 33.9 Å². The van der Waals surface area contributed by atoms with Crippen LogP contribution in [0, 0.1) is 17.8 Å². The number of aromatic nitrogens is 1. The molecule has 7 atom stereocenters. The number of sulfonamides is 1. The summed E-state index contributed by atoms with van der Waals surface area (Å²) in [6.07, 6.45) is 6.91. The highest BCUT2D eigenvalue weighted by atomic mass is 32.2. The Hall–Kier alpha value is -4.44. The first kappa shape index (κ1) is 40.2. The maximum Gasteiger partial charge on any atom is 0.408 e. The van der Waals surface area contributed by atoms with Gasteiger partial charge in [-0.15, -0.1) is 0 Å². The number of nitrogens with one attached hydrogen (secondary N) is 3. The van der Waals surface area contributed by atoms with Gasteiger partial charge < -0.3 is 34.5 Å². The fourth-order valence-corrected chi connectivity index (χ4v) is 9.00. The number of fused-ring (bicyclic) bond motifs is 3. The van der Waals surface area contributed by atoms with Gasteiger partial charge in [0.15, 0.2) is 0 Å². The van der Waals surface area contributed by atoms with E-state index in [0.29, 0.717) is 42.7 Å². The number of rotatable bonds is 9. The normalized spacial score (nSPS) is 29.5. The van der Waals surface area contributed by atoms with Crippen LogP contribution in [0.15, 0.2) is 42.6 Å². The van der Waals surface area contributed by atoms with Crippen molar-refractivity contribution in [1.82, 2.24) is 25.2 Å². The average Bonchev–Trinajstić information content (AvgIpc) is 4.04. The number of amides is 4. The molecule has 2 aromatic rings. The Morgan fingerprint density at radius 2 is 1.85 bits per heavy atom. The number of methoxy groups -OCH3 is 2. The van der Waals surface area contributed by atoms with E-state index in [1.165, 1.54) is 12.0 Å². The molecule has 2 aliphatic heterocycles. The summed E-state index contributed by atoms with van der Waals surface area (Å²) in [6.45, 7) is 7.31.